The zero-order chi connectivity index (χ0) is 12.9. The van der Waals surface area contributed by atoms with Gasteiger partial charge in [0.25, 0.3) is 0 Å². The Labute approximate surface area is 97.2 Å². The molecule has 0 fully saturated rings. The second-order valence-corrected chi connectivity index (χ2v) is 5.29. The Morgan fingerprint density at radius 1 is 1.25 bits per heavy atom. The van der Waals surface area contributed by atoms with Crippen LogP contribution in [-0.4, -0.2) is 29.9 Å². The maximum absolute atomic E-state index is 11.4. The molecule has 0 saturated heterocycles. The Morgan fingerprint density at radius 3 is 2.12 bits per heavy atom. The van der Waals surface area contributed by atoms with Crippen LogP contribution in [-0.2, 0) is 9.59 Å². The van der Waals surface area contributed by atoms with E-state index in [9.17, 15) is 9.59 Å². The van der Waals surface area contributed by atoms with Crippen LogP contribution in [0.1, 0.15) is 34.6 Å². The Kier molecular flexibility index (Phi) is 5.44. The van der Waals surface area contributed by atoms with Crippen molar-refractivity contribution >= 4 is 11.8 Å². The van der Waals surface area contributed by atoms with Crippen LogP contribution < -0.4 is 16.4 Å². The highest BCUT2D eigenvalue weighted by molar-refractivity contribution is 5.87. The van der Waals surface area contributed by atoms with E-state index in [0.717, 1.165) is 0 Å². The molecular formula is C11H23N3O2. The van der Waals surface area contributed by atoms with E-state index >= 15 is 0 Å². The van der Waals surface area contributed by atoms with Gasteiger partial charge in [-0.1, -0.05) is 13.8 Å². The fraction of sp³-hybridized carbons (Fsp3) is 0.818. The predicted molar refractivity (Wildman–Crippen MR) is 63.7 cm³/mol. The molecule has 0 heterocycles. The normalized spacial score (nSPS) is 13.4. The zero-order valence-electron chi connectivity index (χ0n) is 10.8. The molecule has 0 saturated carbocycles. The van der Waals surface area contributed by atoms with E-state index in [-0.39, 0.29) is 29.8 Å². The van der Waals surface area contributed by atoms with Crippen molar-refractivity contribution < 1.29 is 9.59 Å². The third kappa shape index (κ3) is 6.40. The van der Waals surface area contributed by atoms with Crippen molar-refractivity contribution in [3.05, 3.63) is 0 Å². The average Bonchev–Trinajstić information content (AvgIpc) is 2.09. The van der Waals surface area contributed by atoms with Crippen molar-refractivity contribution in [2.45, 2.75) is 46.2 Å². The second-order valence-electron chi connectivity index (χ2n) is 5.29. The third-order valence-electron chi connectivity index (χ3n) is 1.96. The molecule has 0 aliphatic heterocycles. The van der Waals surface area contributed by atoms with Crippen molar-refractivity contribution in [2.24, 2.45) is 11.7 Å². The molecule has 0 aliphatic rings. The summed E-state index contributed by atoms with van der Waals surface area (Å²) in [5.74, 6) is -0.443. The van der Waals surface area contributed by atoms with E-state index < -0.39 is 6.04 Å². The lowest BCUT2D eigenvalue weighted by Crippen LogP contribution is -2.50. The van der Waals surface area contributed by atoms with Crippen LogP contribution in [0.2, 0.25) is 0 Å². The topological polar surface area (TPSA) is 84.2 Å². The molecule has 2 amide bonds. The molecule has 5 nitrogen and oxygen atoms in total. The minimum atomic E-state index is -0.567. The number of carbonyl (C=O) groups is 2. The van der Waals surface area contributed by atoms with Gasteiger partial charge in [-0.2, -0.15) is 0 Å². The van der Waals surface area contributed by atoms with Crippen molar-refractivity contribution in [2.75, 3.05) is 6.54 Å². The molecule has 0 radical (unpaired) electrons. The minimum Gasteiger partial charge on any atom is -0.350 e. The Hall–Kier alpha value is -1.10. The molecule has 0 aliphatic carbocycles. The van der Waals surface area contributed by atoms with Crippen LogP contribution in [0.25, 0.3) is 0 Å². The first-order chi connectivity index (χ1) is 7.13. The number of hydrogen-bond acceptors (Lipinski definition) is 3. The van der Waals surface area contributed by atoms with Crippen molar-refractivity contribution in [1.82, 2.24) is 10.6 Å². The summed E-state index contributed by atoms with van der Waals surface area (Å²) in [5, 5.41) is 5.26. The summed E-state index contributed by atoms with van der Waals surface area (Å²) < 4.78 is 0. The van der Waals surface area contributed by atoms with Gasteiger partial charge < -0.3 is 16.4 Å². The maximum atomic E-state index is 11.4. The minimum absolute atomic E-state index is 0.0312. The van der Waals surface area contributed by atoms with Crippen molar-refractivity contribution in [1.29, 1.82) is 0 Å². The molecule has 5 heteroatoms. The molecular weight excluding hydrogens is 206 g/mol. The number of hydrogen-bond donors (Lipinski definition) is 3. The molecule has 0 aromatic carbocycles. The molecule has 16 heavy (non-hydrogen) atoms. The van der Waals surface area contributed by atoms with E-state index in [4.69, 9.17) is 5.73 Å². The molecule has 0 spiro atoms. The predicted octanol–water partition coefficient (Wildman–Crippen LogP) is 0.000600. The largest absolute Gasteiger partial charge is 0.350 e. The van der Waals surface area contributed by atoms with Crippen LogP contribution in [0.5, 0.6) is 0 Å². The van der Waals surface area contributed by atoms with Gasteiger partial charge in [0.2, 0.25) is 11.8 Å². The highest BCUT2D eigenvalue weighted by atomic mass is 16.2. The van der Waals surface area contributed by atoms with Gasteiger partial charge >= 0.3 is 0 Å². The Morgan fingerprint density at radius 2 is 1.75 bits per heavy atom. The summed E-state index contributed by atoms with van der Waals surface area (Å²) in [6, 6.07) is -0.567. The van der Waals surface area contributed by atoms with Crippen LogP contribution in [0.3, 0.4) is 0 Å². The first-order valence-electron chi connectivity index (χ1n) is 5.48. The maximum Gasteiger partial charge on any atom is 0.239 e. The van der Waals surface area contributed by atoms with Gasteiger partial charge in [-0.3, -0.25) is 9.59 Å². The lowest BCUT2D eigenvalue weighted by molar-refractivity contribution is -0.128. The third-order valence-corrected chi connectivity index (χ3v) is 1.96. The van der Waals surface area contributed by atoms with Gasteiger partial charge in [-0.15, -0.1) is 0 Å². The molecule has 94 valence electrons. The van der Waals surface area contributed by atoms with Gasteiger partial charge in [-0.25, -0.2) is 0 Å². The van der Waals surface area contributed by atoms with E-state index in [2.05, 4.69) is 10.6 Å². The highest BCUT2D eigenvalue weighted by Crippen LogP contribution is 1.98. The summed E-state index contributed by atoms with van der Waals surface area (Å²) in [4.78, 5) is 22.8. The number of carbonyl (C=O) groups excluding carboxylic acids is 2. The summed E-state index contributed by atoms with van der Waals surface area (Å²) in [5.41, 5.74) is 5.34. The van der Waals surface area contributed by atoms with E-state index in [1.807, 2.05) is 34.6 Å². The van der Waals surface area contributed by atoms with Crippen LogP contribution in [0.15, 0.2) is 0 Å². The highest BCUT2D eigenvalue weighted by Gasteiger charge is 2.19. The van der Waals surface area contributed by atoms with Gasteiger partial charge in [0.15, 0.2) is 0 Å². The zero-order valence-corrected chi connectivity index (χ0v) is 10.8. The van der Waals surface area contributed by atoms with E-state index in [1.54, 1.807) is 0 Å². The lowest BCUT2D eigenvalue weighted by Gasteiger charge is -2.21. The van der Waals surface area contributed by atoms with Crippen LogP contribution in [0.4, 0.5) is 0 Å². The Bertz CT molecular complexity index is 256. The Balaban J connectivity index is 3.98. The smallest absolute Gasteiger partial charge is 0.239 e. The molecule has 0 bridgehead atoms. The fourth-order valence-electron chi connectivity index (χ4n) is 1.05. The molecule has 0 rings (SSSR count). The van der Waals surface area contributed by atoms with E-state index in [0.29, 0.717) is 0 Å². The standard InChI is InChI=1S/C11H23N3O2/c1-7(2)9(12)10(16)13-6-8(15)14-11(3,4)5/h7,9H,6,12H2,1-5H3,(H,13,16)(H,14,15)/t9-/m1/s1. The molecule has 1 atom stereocenters. The van der Waals surface area contributed by atoms with Crippen molar-refractivity contribution in [3.63, 3.8) is 0 Å². The van der Waals surface area contributed by atoms with Crippen molar-refractivity contribution in [3.8, 4) is 0 Å². The van der Waals surface area contributed by atoms with Gasteiger partial charge in [-0.05, 0) is 26.7 Å². The van der Waals surface area contributed by atoms with Crippen LogP contribution >= 0.6 is 0 Å². The second kappa shape index (κ2) is 5.84. The monoisotopic (exact) mass is 229 g/mol. The lowest BCUT2D eigenvalue weighted by atomic mass is 10.1. The fourth-order valence-corrected chi connectivity index (χ4v) is 1.05. The molecule has 4 N–H and O–H groups in total. The molecule has 0 unspecified atom stereocenters. The summed E-state index contributed by atoms with van der Waals surface area (Å²) in [6.07, 6.45) is 0. The quantitative estimate of drug-likeness (QED) is 0.634. The number of nitrogens with two attached hydrogens (primary N) is 1. The summed E-state index contributed by atoms with van der Waals surface area (Å²) in [6.45, 7) is 9.33. The number of nitrogens with one attached hydrogen (secondary N) is 2. The van der Waals surface area contributed by atoms with Gasteiger partial charge in [0.1, 0.15) is 0 Å². The first-order valence-corrected chi connectivity index (χ1v) is 5.48. The SMILES string of the molecule is CC(C)[C@@H](N)C(=O)NCC(=O)NC(C)(C)C. The average molecular weight is 229 g/mol. The van der Waals surface area contributed by atoms with Gasteiger partial charge in [0.05, 0.1) is 12.6 Å². The summed E-state index contributed by atoms with van der Waals surface area (Å²) in [7, 11) is 0. The number of amides is 2. The first kappa shape index (κ1) is 14.9. The summed E-state index contributed by atoms with van der Waals surface area (Å²) >= 11 is 0. The molecule has 0 aromatic heterocycles. The van der Waals surface area contributed by atoms with Gasteiger partial charge in [0, 0.05) is 5.54 Å². The van der Waals surface area contributed by atoms with E-state index in [1.165, 1.54) is 0 Å². The molecule has 0 aromatic rings. The number of rotatable bonds is 4. The van der Waals surface area contributed by atoms with Crippen LogP contribution in [0, 0.1) is 5.92 Å².